The number of aromatic amines is 1. The molecule has 1 N–H and O–H groups in total. The first kappa shape index (κ1) is 14.2. The Morgan fingerprint density at radius 2 is 2.14 bits per heavy atom. The maximum Gasteiger partial charge on any atom is 0.312 e. The highest BCUT2D eigenvalue weighted by atomic mass is 16.5. The Balaban J connectivity index is 1.90. The second-order valence-corrected chi connectivity index (χ2v) is 6.02. The Kier molecular flexibility index (Phi) is 3.40. The first-order valence-corrected chi connectivity index (χ1v) is 6.94. The molecule has 0 aliphatic carbocycles. The summed E-state index contributed by atoms with van der Waals surface area (Å²) in [6.45, 7) is 5.58. The highest BCUT2D eigenvalue weighted by molar-refractivity contribution is 5.89. The van der Waals surface area contributed by atoms with E-state index in [4.69, 9.17) is 4.74 Å². The zero-order chi connectivity index (χ0) is 15.7. The van der Waals surface area contributed by atoms with E-state index in [1.807, 2.05) is 39.1 Å². The van der Waals surface area contributed by atoms with Crippen molar-refractivity contribution < 1.29 is 9.53 Å². The van der Waals surface area contributed by atoms with Crippen LogP contribution >= 0.6 is 0 Å². The quantitative estimate of drug-likeness (QED) is 0.750. The number of nitrogens with one attached hydrogen (secondary N) is 1. The third-order valence-electron chi connectivity index (χ3n) is 3.25. The van der Waals surface area contributed by atoms with E-state index in [2.05, 4.69) is 20.2 Å². The number of esters is 1. The van der Waals surface area contributed by atoms with Crippen molar-refractivity contribution in [2.45, 2.75) is 27.5 Å². The van der Waals surface area contributed by atoms with Crippen molar-refractivity contribution in [1.82, 2.24) is 24.7 Å². The second-order valence-electron chi connectivity index (χ2n) is 6.02. The molecule has 3 rings (SSSR count). The highest BCUT2D eigenvalue weighted by Crippen LogP contribution is 2.24. The number of hydrogen-bond donors (Lipinski definition) is 1. The minimum absolute atomic E-state index is 0.122. The summed E-state index contributed by atoms with van der Waals surface area (Å²) in [6.07, 6.45) is 5.05. The summed E-state index contributed by atoms with van der Waals surface area (Å²) < 4.78 is 7.11. The monoisotopic (exact) mass is 299 g/mol. The maximum atomic E-state index is 11.9. The minimum atomic E-state index is -0.530. The zero-order valence-corrected chi connectivity index (χ0v) is 12.7. The van der Waals surface area contributed by atoms with Gasteiger partial charge in [0.1, 0.15) is 23.4 Å². The molecule has 0 aliphatic rings. The van der Waals surface area contributed by atoms with Gasteiger partial charge in [0.2, 0.25) is 0 Å². The normalized spacial score (nSPS) is 11.8. The lowest BCUT2D eigenvalue weighted by Gasteiger charge is -2.16. The molecule has 0 spiro atoms. The van der Waals surface area contributed by atoms with Crippen molar-refractivity contribution in [3.8, 4) is 11.4 Å². The molecule has 3 aromatic rings. The van der Waals surface area contributed by atoms with Gasteiger partial charge in [0.15, 0.2) is 6.73 Å². The molecule has 0 aromatic carbocycles. The number of rotatable bonds is 3. The van der Waals surface area contributed by atoms with Crippen LogP contribution in [0.25, 0.3) is 22.4 Å². The van der Waals surface area contributed by atoms with E-state index < -0.39 is 5.41 Å². The number of ether oxygens (including phenoxy) is 1. The van der Waals surface area contributed by atoms with Gasteiger partial charge in [-0.2, -0.15) is 5.10 Å². The predicted octanol–water partition coefficient (Wildman–Crippen LogP) is 2.37. The van der Waals surface area contributed by atoms with Crippen LogP contribution in [0.3, 0.4) is 0 Å². The van der Waals surface area contributed by atoms with Crippen LogP contribution in [0.5, 0.6) is 0 Å². The van der Waals surface area contributed by atoms with E-state index in [9.17, 15) is 4.79 Å². The van der Waals surface area contributed by atoms with Crippen LogP contribution in [0.1, 0.15) is 20.8 Å². The molecule has 0 fully saturated rings. The van der Waals surface area contributed by atoms with Gasteiger partial charge in [-0.05, 0) is 32.9 Å². The lowest BCUT2D eigenvalue weighted by atomic mass is 9.98. The minimum Gasteiger partial charge on any atom is -0.443 e. The molecule has 0 aliphatic heterocycles. The van der Waals surface area contributed by atoms with E-state index in [1.165, 1.54) is 6.33 Å². The van der Waals surface area contributed by atoms with E-state index in [1.54, 1.807) is 10.8 Å². The van der Waals surface area contributed by atoms with Crippen molar-refractivity contribution in [3.63, 3.8) is 0 Å². The van der Waals surface area contributed by atoms with Crippen molar-refractivity contribution in [2.75, 3.05) is 0 Å². The predicted molar refractivity (Wildman–Crippen MR) is 80.7 cm³/mol. The molecular formula is C15H17N5O2. The largest absolute Gasteiger partial charge is 0.443 e. The van der Waals surface area contributed by atoms with Gasteiger partial charge in [0, 0.05) is 17.8 Å². The summed E-state index contributed by atoms with van der Waals surface area (Å²) in [5.41, 5.74) is 1.66. The molecule has 114 valence electrons. The SMILES string of the molecule is CC(C)(C)C(=O)OCn1ccc2c(-c3cc[nH]n3)ncnc21. The van der Waals surface area contributed by atoms with Gasteiger partial charge in [-0.1, -0.05) is 0 Å². The molecule has 3 aromatic heterocycles. The van der Waals surface area contributed by atoms with Crippen LogP contribution in [0, 0.1) is 5.41 Å². The fourth-order valence-corrected chi connectivity index (χ4v) is 2.05. The summed E-state index contributed by atoms with van der Waals surface area (Å²) in [6, 6.07) is 3.74. The summed E-state index contributed by atoms with van der Waals surface area (Å²) in [4.78, 5) is 20.4. The van der Waals surface area contributed by atoms with E-state index in [0.717, 1.165) is 16.8 Å². The van der Waals surface area contributed by atoms with Gasteiger partial charge in [-0.3, -0.25) is 14.5 Å². The lowest BCUT2D eigenvalue weighted by molar-refractivity contribution is -0.156. The Hall–Kier alpha value is -2.70. The Morgan fingerprint density at radius 1 is 1.32 bits per heavy atom. The van der Waals surface area contributed by atoms with Crippen molar-refractivity contribution in [3.05, 3.63) is 30.9 Å². The Morgan fingerprint density at radius 3 is 2.82 bits per heavy atom. The number of hydrogen-bond acceptors (Lipinski definition) is 5. The molecule has 0 amide bonds. The third kappa shape index (κ3) is 2.57. The average molecular weight is 299 g/mol. The first-order chi connectivity index (χ1) is 10.5. The Labute approximate surface area is 127 Å². The second kappa shape index (κ2) is 5.25. The summed E-state index contributed by atoms with van der Waals surface area (Å²) in [5.74, 6) is -0.254. The number of carbonyl (C=O) groups is 1. The van der Waals surface area contributed by atoms with Gasteiger partial charge >= 0.3 is 5.97 Å². The molecule has 7 heteroatoms. The molecule has 3 heterocycles. The standard InChI is InChI=1S/C15H17N5O2/c1-15(2,3)14(21)22-9-20-7-5-10-12(11-4-6-18-19-11)16-8-17-13(10)20/h4-8H,9H2,1-3H3,(H,18,19). The maximum absolute atomic E-state index is 11.9. The summed E-state index contributed by atoms with van der Waals surface area (Å²) in [5, 5.41) is 7.77. The van der Waals surface area contributed by atoms with Crippen LogP contribution in [0.4, 0.5) is 0 Å². The van der Waals surface area contributed by atoms with E-state index in [0.29, 0.717) is 5.65 Å². The average Bonchev–Trinajstić information content (AvgIpc) is 3.13. The molecule has 0 unspecified atom stereocenters. The summed E-state index contributed by atoms with van der Waals surface area (Å²) >= 11 is 0. The summed E-state index contributed by atoms with van der Waals surface area (Å²) in [7, 11) is 0. The van der Waals surface area contributed by atoms with Crippen molar-refractivity contribution in [1.29, 1.82) is 0 Å². The fraction of sp³-hybridized carbons (Fsp3) is 0.333. The van der Waals surface area contributed by atoms with Crippen LogP contribution in [-0.2, 0) is 16.3 Å². The molecule has 0 radical (unpaired) electrons. The van der Waals surface area contributed by atoms with Crippen LogP contribution in [0.15, 0.2) is 30.9 Å². The van der Waals surface area contributed by atoms with Gasteiger partial charge in [0.05, 0.1) is 5.41 Å². The van der Waals surface area contributed by atoms with E-state index >= 15 is 0 Å². The van der Waals surface area contributed by atoms with Crippen molar-refractivity contribution >= 4 is 17.0 Å². The fourth-order valence-electron chi connectivity index (χ4n) is 2.05. The molecule has 0 saturated carbocycles. The molecule has 7 nitrogen and oxygen atoms in total. The zero-order valence-electron chi connectivity index (χ0n) is 12.7. The topological polar surface area (TPSA) is 85.7 Å². The van der Waals surface area contributed by atoms with Crippen LogP contribution in [-0.4, -0.2) is 30.7 Å². The molecule has 0 bridgehead atoms. The van der Waals surface area contributed by atoms with Crippen molar-refractivity contribution in [2.24, 2.45) is 5.41 Å². The molecule has 0 saturated heterocycles. The van der Waals surface area contributed by atoms with Gasteiger partial charge < -0.3 is 4.74 Å². The Bertz CT molecular complexity index is 799. The number of carbonyl (C=O) groups excluding carboxylic acids is 1. The van der Waals surface area contributed by atoms with Crippen LogP contribution in [0.2, 0.25) is 0 Å². The van der Waals surface area contributed by atoms with E-state index in [-0.39, 0.29) is 12.7 Å². The molecule has 0 atom stereocenters. The first-order valence-electron chi connectivity index (χ1n) is 6.94. The van der Waals surface area contributed by atoms with Gasteiger partial charge in [-0.25, -0.2) is 9.97 Å². The van der Waals surface area contributed by atoms with Crippen LogP contribution < -0.4 is 0 Å². The number of aromatic nitrogens is 5. The number of fused-ring (bicyclic) bond motifs is 1. The molecule has 22 heavy (non-hydrogen) atoms. The molecular weight excluding hydrogens is 282 g/mol. The third-order valence-corrected chi connectivity index (χ3v) is 3.25. The lowest BCUT2D eigenvalue weighted by Crippen LogP contribution is -2.23. The van der Waals surface area contributed by atoms with Gasteiger partial charge in [0.25, 0.3) is 0 Å². The number of H-pyrrole nitrogens is 1. The number of nitrogens with zero attached hydrogens (tertiary/aromatic N) is 4. The highest BCUT2D eigenvalue weighted by Gasteiger charge is 2.23. The smallest absolute Gasteiger partial charge is 0.312 e. The van der Waals surface area contributed by atoms with Gasteiger partial charge in [-0.15, -0.1) is 0 Å².